The Morgan fingerprint density at radius 2 is 2.45 bits per heavy atom. The van der Waals surface area contributed by atoms with Crippen LogP contribution < -0.4 is 0 Å². The minimum atomic E-state index is 0.842. The Morgan fingerprint density at radius 3 is 3.45 bits per heavy atom. The maximum absolute atomic E-state index is 4.02. The van der Waals surface area contributed by atoms with Gasteiger partial charge in [0.25, 0.3) is 0 Å². The van der Waals surface area contributed by atoms with E-state index >= 15 is 0 Å². The van der Waals surface area contributed by atoms with Crippen molar-refractivity contribution in [3.63, 3.8) is 0 Å². The van der Waals surface area contributed by atoms with Crippen LogP contribution in [0.2, 0.25) is 0 Å². The van der Waals surface area contributed by atoms with E-state index in [0.717, 1.165) is 17.5 Å². The van der Waals surface area contributed by atoms with Gasteiger partial charge in [0.15, 0.2) is 0 Å². The van der Waals surface area contributed by atoms with Gasteiger partial charge in [-0.15, -0.1) is 0 Å². The van der Waals surface area contributed by atoms with Crippen LogP contribution >= 0.6 is 0 Å². The molecule has 0 unspecified atom stereocenters. The molecule has 0 fully saturated rings. The summed E-state index contributed by atoms with van der Waals surface area (Å²) >= 11 is 0. The van der Waals surface area contributed by atoms with Crippen LogP contribution in [-0.4, -0.2) is 4.98 Å². The second-order valence-electron chi connectivity index (χ2n) is 2.37. The van der Waals surface area contributed by atoms with Crippen molar-refractivity contribution in [1.29, 1.82) is 0 Å². The zero-order valence-electron chi connectivity index (χ0n) is 6.04. The molecule has 52 valence electrons. The lowest BCUT2D eigenvalue weighted by molar-refractivity contribution is 1.31. The summed E-state index contributed by atoms with van der Waals surface area (Å²) in [6, 6.07) is 1.94. The smallest absolute Gasteiger partial charge is 0.0352 e. The van der Waals surface area contributed by atoms with Gasteiger partial charge in [0.1, 0.15) is 0 Å². The summed E-state index contributed by atoms with van der Waals surface area (Å²) in [5, 5.41) is 0. The molecule has 1 aromatic heterocycles. The third-order valence-electron chi connectivity index (χ3n) is 1.59. The highest BCUT2D eigenvalue weighted by Crippen LogP contribution is 2.09. The molecule has 2 rings (SSSR count). The van der Waals surface area contributed by atoms with Crippen molar-refractivity contribution in [2.24, 2.45) is 0 Å². The van der Waals surface area contributed by atoms with Gasteiger partial charge in [-0.1, -0.05) is 24.0 Å². The minimum Gasteiger partial charge on any atom is -0.264 e. The molecule has 0 amide bonds. The highest BCUT2D eigenvalue weighted by molar-refractivity contribution is 5.59. The fourth-order valence-electron chi connectivity index (χ4n) is 1.04. The molecule has 0 spiro atoms. The molecule has 11 heavy (non-hydrogen) atoms. The Bertz CT molecular complexity index is 353. The normalized spacial score (nSPS) is 12.7. The topological polar surface area (TPSA) is 12.9 Å². The molecule has 0 bridgehead atoms. The van der Waals surface area contributed by atoms with E-state index in [4.69, 9.17) is 0 Å². The summed E-state index contributed by atoms with van der Waals surface area (Å²) in [6.07, 6.45) is 8.56. The van der Waals surface area contributed by atoms with E-state index in [2.05, 4.69) is 29.0 Å². The highest BCUT2D eigenvalue weighted by atomic mass is 14.6. The Labute approximate surface area is 65.8 Å². The van der Waals surface area contributed by atoms with Gasteiger partial charge < -0.3 is 0 Å². The summed E-state index contributed by atoms with van der Waals surface area (Å²) in [4.78, 5) is 4.02. The molecule has 0 saturated heterocycles. The molecule has 0 aromatic carbocycles. The summed E-state index contributed by atoms with van der Waals surface area (Å²) in [5.41, 5.74) is 2.20. The molecule has 0 N–H and O–H groups in total. The summed E-state index contributed by atoms with van der Waals surface area (Å²) in [6.45, 7) is 0. The largest absolute Gasteiger partial charge is 0.264 e. The van der Waals surface area contributed by atoms with Crippen LogP contribution in [0.15, 0.2) is 24.5 Å². The van der Waals surface area contributed by atoms with Crippen molar-refractivity contribution >= 4 is 6.08 Å². The lowest BCUT2D eigenvalue weighted by Crippen LogP contribution is -1.81. The maximum atomic E-state index is 4.02. The highest BCUT2D eigenvalue weighted by Gasteiger charge is 1.95. The first kappa shape index (κ1) is 6.18. The van der Waals surface area contributed by atoms with Crippen LogP contribution in [0.3, 0.4) is 0 Å². The SMILES string of the molecule is C1#Cc2ccncc2C=CC1. The van der Waals surface area contributed by atoms with Crippen LogP contribution in [0.25, 0.3) is 6.08 Å². The van der Waals surface area contributed by atoms with Crippen molar-refractivity contribution in [1.82, 2.24) is 4.98 Å². The van der Waals surface area contributed by atoms with E-state index in [-0.39, 0.29) is 0 Å². The molecular formula is C10H7N. The number of fused-ring (bicyclic) bond motifs is 1. The average Bonchev–Trinajstić information content (AvgIpc) is 2.28. The number of allylic oxidation sites excluding steroid dienone is 1. The first-order valence-corrected chi connectivity index (χ1v) is 3.56. The van der Waals surface area contributed by atoms with Crippen molar-refractivity contribution in [2.75, 3.05) is 0 Å². The summed E-state index contributed by atoms with van der Waals surface area (Å²) < 4.78 is 0. The van der Waals surface area contributed by atoms with Crippen LogP contribution in [0, 0.1) is 11.8 Å². The average molecular weight is 141 g/mol. The lowest BCUT2D eigenvalue weighted by Gasteiger charge is -1.93. The molecule has 1 aliphatic carbocycles. The van der Waals surface area contributed by atoms with Crippen LogP contribution in [0.1, 0.15) is 17.5 Å². The van der Waals surface area contributed by atoms with E-state index in [1.54, 1.807) is 6.20 Å². The minimum absolute atomic E-state index is 0.842. The molecule has 0 saturated carbocycles. The van der Waals surface area contributed by atoms with Gasteiger partial charge in [-0.05, 0) is 6.07 Å². The monoisotopic (exact) mass is 141 g/mol. The maximum Gasteiger partial charge on any atom is 0.0352 e. The van der Waals surface area contributed by atoms with Gasteiger partial charge >= 0.3 is 0 Å². The van der Waals surface area contributed by atoms with Crippen molar-refractivity contribution in [3.05, 3.63) is 35.7 Å². The first-order chi connectivity index (χ1) is 5.47. The zero-order chi connectivity index (χ0) is 7.52. The number of pyridine rings is 1. The molecule has 0 aliphatic heterocycles. The van der Waals surface area contributed by atoms with E-state index in [9.17, 15) is 0 Å². The van der Waals surface area contributed by atoms with E-state index < -0.39 is 0 Å². The van der Waals surface area contributed by atoms with Gasteiger partial charge in [0, 0.05) is 29.9 Å². The van der Waals surface area contributed by atoms with Crippen LogP contribution in [0.4, 0.5) is 0 Å². The van der Waals surface area contributed by atoms with Crippen LogP contribution in [0.5, 0.6) is 0 Å². The Hall–Kier alpha value is -1.55. The van der Waals surface area contributed by atoms with Crippen molar-refractivity contribution in [3.8, 4) is 11.8 Å². The van der Waals surface area contributed by atoms with Gasteiger partial charge in [0.05, 0.1) is 0 Å². The fraction of sp³-hybridized carbons (Fsp3) is 0.100. The second kappa shape index (κ2) is 2.59. The van der Waals surface area contributed by atoms with E-state index in [1.807, 2.05) is 12.3 Å². The van der Waals surface area contributed by atoms with Crippen molar-refractivity contribution < 1.29 is 0 Å². The molecule has 1 nitrogen and oxygen atoms in total. The third-order valence-corrected chi connectivity index (χ3v) is 1.59. The number of nitrogens with zero attached hydrogens (tertiary/aromatic N) is 1. The number of rotatable bonds is 0. The Kier molecular flexibility index (Phi) is 1.46. The van der Waals surface area contributed by atoms with Gasteiger partial charge in [0.2, 0.25) is 0 Å². The molecule has 0 radical (unpaired) electrons. The standard InChI is InChI=1S/C10H7N/c1-2-4-9-6-7-11-8-10(9)5-3-1/h3,5-8H,1H2. The van der Waals surface area contributed by atoms with Gasteiger partial charge in [-0.25, -0.2) is 0 Å². The van der Waals surface area contributed by atoms with Crippen LogP contribution in [-0.2, 0) is 0 Å². The lowest BCUT2D eigenvalue weighted by atomic mass is 10.1. The first-order valence-electron chi connectivity index (χ1n) is 3.56. The number of hydrogen-bond acceptors (Lipinski definition) is 1. The number of hydrogen-bond donors (Lipinski definition) is 0. The number of aromatic nitrogens is 1. The summed E-state index contributed by atoms with van der Waals surface area (Å²) in [5.74, 6) is 6.11. The van der Waals surface area contributed by atoms with E-state index in [0.29, 0.717) is 0 Å². The predicted octanol–water partition coefficient (Wildman–Crippen LogP) is 1.85. The Morgan fingerprint density at radius 1 is 1.45 bits per heavy atom. The fourth-order valence-corrected chi connectivity index (χ4v) is 1.04. The molecule has 1 heterocycles. The molecule has 0 atom stereocenters. The van der Waals surface area contributed by atoms with Gasteiger partial charge in [-0.2, -0.15) is 0 Å². The Balaban J connectivity index is 2.62. The third kappa shape index (κ3) is 1.15. The quantitative estimate of drug-likeness (QED) is 0.502. The zero-order valence-corrected chi connectivity index (χ0v) is 6.04. The molecule has 1 aromatic rings. The molecule has 1 heteroatoms. The summed E-state index contributed by atoms with van der Waals surface area (Å²) in [7, 11) is 0. The predicted molar refractivity (Wildman–Crippen MR) is 44.8 cm³/mol. The van der Waals surface area contributed by atoms with Crippen molar-refractivity contribution in [2.45, 2.75) is 6.42 Å². The van der Waals surface area contributed by atoms with Gasteiger partial charge in [-0.3, -0.25) is 4.98 Å². The molecule has 1 aliphatic rings. The van der Waals surface area contributed by atoms with E-state index in [1.165, 1.54) is 0 Å². The second-order valence-corrected chi connectivity index (χ2v) is 2.37. The molecular weight excluding hydrogens is 134 g/mol.